The fraction of sp³-hybridized carbons (Fsp3) is 0.562. The predicted octanol–water partition coefficient (Wildman–Crippen LogP) is 2.99. The number of rotatable bonds is 5. The lowest BCUT2D eigenvalue weighted by Crippen LogP contribution is -2.32. The Balaban J connectivity index is 1.71. The smallest absolute Gasteiger partial charge is 0.223 e. The summed E-state index contributed by atoms with van der Waals surface area (Å²) >= 11 is 0. The molecule has 3 heteroatoms. The molecule has 1 aromatic rings. The summed E-state index contributed by atoms with van der Waals surface area (Å²) in [5.74, 6) is 1.35. The van der Waals surface area contributed by atoms with Crippen LogP contribution in [0, 0.1) is 19.8 Å². The Morgan fingerprint density at radius 1 is 1.32 bits per heavy atom. The van der Waals surface area contributed by atoms with Gasteiger partial charge in [-0.3, -0.25) is 4.79 Å². The van der Waals surface area contributed by atoms with E-state index in [0.29, 0.717) is 13.2 Å². The van der Waals surface area contributed by atoms with Gasteiger partial charge in [-0.1, -0.05) is 25.0 Å². The van der Waals surface area contributed by atoms with E-state index in [2.05, 4.69) is 17.4 Å². The average molecular weight is 261 g/mol. The molecule has 0 heterocycles. The molecule has 0 saturated heterocycles. The van der Waals surface area contributed by atoms with E-state index in [4.69, 9.17) is 4.74 Å². The molecule has 1 N–H and O–H groups in total. The number of nitrogens with one attached hydrogen (secondary N) is 1. The topological polar surface area (TPSA) is 38.3 Å². The number of ether oxygens (including phenoxy) is 1. The molecule has 0 bridgehead atoms. The molecule has 1 aliphatic carbocycles. The summed E-state index contributed by atoms with van der Waals surface area (Å²) < 4.78 is 5.72. The average Bonchev–Trinajstić information content (AvgIpc) is 2.92. The van der Waals surface area contributed by atoms with E-state index in [-0.39, 0.29) is 11.8 Å². The van der Waals surface area contributed by atoms with Gasteiger partial charge in [-0.05, 0) is 43.9 Å². The van der Waals surface area contributed by atoms with Crippen molar-refractivity contribution in [3.05, 3.63) is 29.3 Å². The van der Waals surface area contributed by atoms with Crippen molar-refractivity contribution in [3.63, 3.8) is 0 Å². The number of aryl methyl sites for hydroxylation is 2. The third kappa shape index (κ3) is 3.98. The summed E-state index contributed by atoms with van der Waals surface area (Å²) in [4.78, 5) is 11.8. The van der Waals surface area contributed by atoms with Crippen LogP contribution in [0.4, 0.5) is 0 Å². The lowest BCUT2D eigenvalue weighted by Gasteiger charge is -2.12. The largest absolute Gasteiger partial charge is 0.491 e. The SMILES string of the molecule is Cc1ccc(C)c(OCCNC(=O)C2CCCC2)c1. The van der Waals surface area contributed by atoms with Crippen molar-refractivity contribution in [2.45, 2.75) is 39.5 Å². The first kappa shape index (κ1) is 13.9. The zero-order chi connectivity index (χ0) is 13.7. The van der Waals surface area contributed by atoms with Crippen molar-refractivity contribution in [1.82, 2.24) is 5.32 Å². The maximum absolute atomic E-state index is 11.8. The van der Waals surface area contributed by atoms with E-state index < -0.39 is 0 Å². The van der Waals surface area contributed by atoms with Crippen LogP contribution >= 0.6 is 0 Å². The lowest BCUT2D eigenvalue weighted by atomic mass is 10.1. The van der Waals surface area contributed by atoms with Crippen LogP contribution < -0.4 is 10.1 Å². The number of hydrogen-bond acceptors (Lipinski definition) is 2. The first-order valence-electron chi connectivity index (χ1n) is 7.14. The van der Waals surface area contributed by atoms with Crippen molar-refractivity contribution in [1.29, 1.82) is 0 Å². The number of hydrogen-bond donors (Lipinski definition) is 1. The number of carbonyl (C=O) groups excluding carboxylic acids is 1. The molecule has 0 atom stereocenters. The maximum Gasteiger partial charge on any atom is 0.223 e. The molecule has 1 aromatic carbocycles. The van der Waals surface area contributed by atoms with Gasteiger partial charge < -0.3 is 10.1 Å². The van der Waals surface area contributed by atoms with Crippen LogP contribution in [0.2, 0.25) is 0 Å². The highest BCUT2D eigenvalue weighted by Gasteiger charge is 2.21. The third-order valence-electron chi connectivity index (χ3n) is 3.73. The molecule has 2 rings (SSSR count). The highest BCUT2D eigenvalue weighted by molar-refractivity contribution is 5.78. The second-order valence-electron chi connectivity index (χ2n) is 5.39. The fourth-order valence-electron chi connectivity index (χ4n) is 2.53. The summed E-state index contributed by atoms with van der Waals surface area (Å²) in [6, 6.07) is 6.17. The first-order chi connectivity index (χ1) is 9.16. The van der Waals surface area contributed by atoms with Crippen LogP contribution in [-0.4, -0.2) is 19.1 Å². The van der Waals surface area contributed by atoms with Gasteiger partial charge in [-0.15, -0.1) is 0 Å². The van der Waals surface area contributed by atoms with Crippen molar-refractivity contribution in [3.8, 4) is 5.75 Å². The molecular weight excluding hydrogens is 238 g/mol. The van der Waals surface area contributed by atoms with Crippen LogP contribution in [0.25, 0.3) is 0 Å². The maximum atomic E-state index is 11.8. The van der Waals surface area contributed by atoms with Crippen molar-refractivity contribution >= 4 is 5.91 Å². The second-order valence-corrected chi connectivity index (χ2v) is 5.39. The minimum absolute atomic E-state index is 0.196. The molecule has 1 saturated carbocycles. The molecule has 0 aliphatic heterocycles. The van der Waals surface area contributed by atoms with E-state index in [0.717, 1.165) is 24.2 Å². The normalized spacial score (nSPS) is 15.5. The van der Waals surface area contributed by atoms with E-state index in [9.17, 15) is 4.79 Å². The first-order valence-corrected chi connectivity index (χ1v) is 7.14. The minimum Gasteiger partial charge on any atom is -0.491 e. The summed E-state index contributed by atoms with van der Waals surface area (Å²) in [7, 11) is 0. The van der Waals surface area contributed by atoms with Crippen LogP contribution in [0.5, 0.6) is 5.75 Å². The molecular formula is C16H23NO2. The lowest BCUT2D eigenvalue weighted by molar-refractivity contribution is -0.124. The van der Waals surface area contributed by atoms with E-state index >= 15 is 0 Å². The standard InChI is InChI=1S/C16H23NO2/c1-12-7-8-13(2)15(11-12)19-10-9-17-16(18)14-5-3-4-6-14/h7-8,11,14H,3-6,9-10H2,1-2H3,(H,17,18). The Kier molecular flexibility index (Phi) is 4.83. The van der Waals surface area contributed by atoms with E-state index in [1.165, 1.54) is 18.4 Å². The van der Waals surface area contributed by atoms with E-state index in [1.54, 1.807) is 0 Å². The Labute approximate surface area is 115 Å². The van der Waals surface area contributed by atoms with Crippen LogP contribution in [-0.2, 0) is 4.79 Å². The van der Waals surface area contributed by atoms with E-state index in [1.807, 2.05) is 19.9 Å². The zero-order valence-corrected chi connectivity index (χ0v) is 11.9. The van der Waals surface area contributed by atoms with Gasteiger partial charge in [-0.25, -0.2) is 0 Å². The molecule has 0 unspecified atom stereocenters. The van der Waals surface area contributed by atoms with Gasteiger partial charge in [0.1, 0.15) is 12.4 Å². The quantitative estimate of drug-likeness (QED) is 0.827. The van der Waals surface area contributed by atoms with Gasteiger partial charge in [0.15, 0.2) is 0 Å². The molecule has 1 amide bonds. The Morgan fingerprint density at radius 2 is 2.05 bits per heavy atom. The molecule has 0 spiro atoms. The third-order valence-corrected chi connectivity index (χ3v) is 3.73. The highest BCUT2D eigenvalue weighted by atomic mass is 16.5. The molecule has 0 radical (unpaired) electrons. The summed E-state index contributed by atoms with van der Waals surface area (Å²) in [5.41, 5.74) is 2.32. The number of benzene rings is 1. The zero-order valence-electron chi connectivity index (χ0n) is 11.9. The van der Waals surface area contributed by atoms with Gasteiger partial charge in [0.05, 0.1) is 6.54 Å². The number of amides is 1. The predicted molar refractivity (Wildman–Crippen MR) is 76.4 cm³/mol. The van der Waals surface area contributed by atoms with Crippen LogP contribution in [0.1, 0.15) is 36.8 Å². The van der Waals surface area contributed by atoms with Gasteiger partial charge in [0.2, 0.25) is 5.91 Å². The van der Waals surface area contributed by atoms with Gasteiger partial charge in [-0.2, -0.15) is 0 Å². The molecule has 3 nitrogen and oxygen atoms in total. The summed E-state index contributed by atoms with van der Waals surface area (Å²) in [6.07, 6.45) is 4.47. The van der Waals surface area contributed by atoms with Gasteiger partial charge in [0, 0.05) is 5.92 Å². The fourth-order valence-corrected chi connectivity index (χ4v) is 2.53. The molecule has 19 heavy (non-hydrogen) atoms. The van der Waals surface area contributed by atoms with Crippen LogP contribution in [0.15, 0.2) is 18.2 Å². The minimum atomic E-state index is 0.196. The van der Waals surface area contributed by atoms with Crippen molar-refractivity contribution in [2.75, 3.05) is 13.2 Å². The Morgan fingerprint density at radius 3 is 2.79 bits per heavy atom. The Hall–Kier alpha value is -1.51. The number of carbonyl (C=O) groups is 1. The van der Waals surface area contributed by atoms with Crippen molar-refractivity contribution < 1.29 is 9.53 Å². The molecule has 0 aromatic heterocycles. The molecule has 1 aliphatic rings. The summed E-state index contributed by atoms with van der Waals surface area (Å²) in [5, 5.41) is 2.96. The Bertz CT molecular complexity index is 436. The second kappa shape index (κ2) is 6.60. The molecule has 1 fully saturated rings. The monoisotopic (exact) mass is 261 g/mol. The highest BCUT2D eigenvalue weighted by Crippen LogP contribution is 2.24. The van der Waals surface area contributed by atoms with Gasteiger partial charge >= 0.3 is 0 Å². The van der Waals surface area contributed by atoms with Gasteiger partial charge in [0.25, 0.3) is 0 Å². The molecule has 104 valence electrons. The summed E-state index contributed by atoms with van der Waals surface area (Å²) in [6.45, 7) is 5.20. The van der Waals surface area contributed by atoms with Crippen molar-refractivity contribution in [2.24, 2.45) is 5.92 Å². The van der Waals surface area contributed by atoms with Crippen LogP contribution in [0.3, 0.4) is 0 Å².